The van der Waals surface area contributed by atoms with Crippen LogP contribution in [-0.2, 0) is 17.8 Å². The Morgan fingerprint density at radius 1 is 1.11 bits per heavy atom. The van der Waals surface area contributed by atoms with Crippen LogP contribution < -0.4 is 5.32 Å². The molecule has 4 aromatic rings. The van der Waals surface area contributed by atoms with E-state index in [0.717, 1.165) is 27.5 Å². The van der Waals surface area contributed by atoms with Crippen LogP contribution in [0.25, 0.3) is 16.9 Å². The SMILES string of the molecule is O=C(Cc1ccc(-n2cnnn2)cc1)NCc1nc(-c2ccc(Cl)cc2)cs1. The lowest BCUT2D eigenvalue weighted by Crippen LogP contribution is -2.24. The van der Waals surface area contributed by atoms with Gasteiger partial charge in [0, 0.05) is 16.0 Å². The Kier molecular flexibility index (Phi) is 5.41. The summed E-state index contributed by atoms with van der Waals surface area (Å²) in [5.74, 6) is -0.0570. The molecule has 1 N–H and O–H groups in total. The molecule has 9 heteroatoms. The van der Waals surface area contributed by atoms with Crippen LogP contribution in [-0.4, -0.2) is 31.1 Å². The highest BCUT2D eigenvalue weighted by Gasteiger charge is 2.08. The third-order valence-electron chi connectivity index (χ3n) is 4.04. The number of tetrazole rings is 1. The fraction of sp³-hybridized carbons (Fsp3) is 0.105. The Morgan fingerprint density at radius 3 is 2.61 bits per heavy atom. The molecule has 1 amide bonds. The molecule has 0 aliphatic rings. The molecule has 4 rings (SSSR count). The van der Waals surface area contributed by atoms with E-state index in [9.17, 15) is 4.79 Å². The van der Waals surface area contributed by atoms with Crippen molar-refractivity contribution in [3.05, 3.63) is 75.8 Å². The summed E-state index contributed by atoms with van der Waals surface area (Å²) in [6, 6.07) is 15.1. The van der Waals surface area contributed by atoms with Crippen LogP contribution in [0.3, 0.4) is 0 Å². The number of amides is 1. The zero-order valence-electron chi connectivity index (χ0n) is 14.6. The van der Waals surface area contributed by atoms with Crippen LogP contribution in [0.15, 0.2) is 60.2 Å². The summed E-state index contributed by atoms with van der Waals surface area (Å²) in [7, 11) is 0. The predicted molar refractivity (Wildman–Crippen MR) is 107 cm³/mol. The standard InChI is InChI=1S/C19H15ClN6OS/c20-15-5-3-14(4-6-15)17-11-28-19(23-17)10-21-18(27)9-13-1-7-16(8-2-13)26-12-22-24-25-26/h1-8,11-12H,9-10H2,(H,21,27). The average molecular weight is 411 g/mol. The number of benzene rings is 2. The Bertz CT molecular complexity index is 1060. The van der Waals surface area contributed by atoms with Crippen molar-refractivity contribution >= 4 is 28.8 Å². The van der Waals surface area contributed by atoms with Crippen molar-refractivity contribution in [1.29, 1.82) is 0 Å². The number of carbonyl (C=O) groups excluding carboxylic acids is 1. The van der Waals surface area contributed by atoms with Gasteiger partial charge in [0.2, 0.25) is 5.91 Å². The van der Waals surface area contributed by atoms with E-state index in [4.69, 9.17) is 11.6 Å². The van der Waals surface area contributed by atoms with Crippen LogP contribution in [0.2, 0.25) is 5.02 Å². The Morgan fingerprint density at radius 2 is 1.89 bits per heavy atom. The maximum atomic E-state index is 12.2. The van der Waals surface area contributed by atoms with Gasteiger partial charge in [-0.3, -0.25) is 4.79 Å². The number of hydrogen-bond acceptors (Lipinski definition) is 6. The second-order valence-corrected chi connectivity index (χ2v) is 7.39. The van der Waals surface area contributed by atoms with Gasteiger partial charge in [0.05, 0.1) is 24.3 Å². The first-order valence-electron chi connectivity index (χ1n) is 8.47. The first-order valence-corrected chi connectivity index (χ1v) is 9.72. The average Bonchev–Trinajstić information content (AvgIpc) is 3.40. The van der Waals surface area contributed by atoms with Crippen molar-refractivity contribution in [1.82, 2.24) is 30.5 Å². The zero-order chi connectivity index (χ0) is 19.3. The molecular weight excluding hydrogens is 396 g/mol. The van der Waals surface area contributed by atoms with E-state index < -0.39 is 0 Å². The number of halogens is 1. The van der Waals surface area contributed by atoms with Crippen LogP contribution in [0.1, 0.15) is 10.6 Å². The summed E-state index contributed by atoms with van der Waals surface area (Å²) >= 11 is 7.43. The van der Waals surface area contributed by atoms with Crippen LogP contribution in [0.4, 0.5) is 0 Å². The van der Waals surface area contributed by atoms with Gasteiger partial charge >= 0.3 is 0 Å². The highest BCUT2D eigenvalue weighted by Crippen LogP contribution is 2.23. The predicted octanol–water partition coefficient (Wildman–Crippen LogP) is 3.30. The largest absolute Gasteiger partial charge is 0.349 e. The molecule has 0 aliphatic heterocycles. The normalized spacial score (nSPS) is 10.8. The number of hydrogen-bond donors (Lipinski definition) is 1. The minimum atomic E-state index is -0.0570. The first kappa shape index (κ1) is 18.3. The highest BCUT2D eigenvalue weighted by atomic mass is 35.5. The summed E-state index contributed by atoms with van der Waals surface area (Å²) in [5.41, 5.74) is 3.63. The molecular formula is C19H15ClN6OS. The van der Waals surface area contributed by atoms with Gasteiger partial charge in [0.1, 0.15) is 11.3 Å². The van der Waals surface area contributed by atoms with E-state index in [1.807, 2.05) is 53.9 Å². The monoisotopic (exact) mass is 410 g/mol. The molecule has 0 radical (unpaired) electrons. The summed E-state index contributed by atoms with van der Waals surface area (Å²) in [6.07, 6.45) is 1.82. The maximum absolute atomic E-state index is 12.2. The number of thiazole rings is 1. The molecule has 2 heterocycles. The molecule has 28 heavy (non-hydrogen) atoms. The van der Waals surface area contributed by atoms with E-state index in [1.54, 1.807) is 4.68 Å². The number of nitrogens with one attached hydrogen (secondary N) is 1. The second kappa shape index (κ2) is 8.28. The van der Waals surface area contributed by atoms with Crippen molar-refractivity contribution in [3.8, 4) is 16.9 Å². The summed E-state index contributed by atoms with van der Waals surface area (Å²) in [5, 5.41) is 17.5. The lowest BCUT2D eigenvalue weighted by molar-refractivity contribution is -0.120. The summed E-state index contributed by atoms with van der Waals surface area (Å²) in [4.78, 5) is 16.8. The number of nitrogens with zero attached hydrogens (tertiary/aromatic N) is 5. The third-order valence-corrected chi connectivity index (χ3v) is 5.14. The molecule has 0 unspecified atom stereocenters. The van der Waals surface area contributed by atoms with Gasteiger partial charge < -0.3 is 5.32 Å². The van der Waals surface area contributed by atoms with E-state index in [-0.39, 0.29) is 5.91 Å². The lowest BCUT2D eigenvalue weighted by Gasteiger charge is -2.05. The molecule has 140 valence electrons. The minimum Gasteiger partial charge on any atom is -0.349 e. The second-order valence-electron chi connectivity index (χ2n) is 6.01. The molecule has 7 nitrogen and oxygen atoms in total. The van der Waals surface area contributed by atoms with E-state index >= 15 is 0 Å². The van der Waals surface area contributed by atoms with Gasteiger partial charge in [-0.25, -0.2) is 9.67 Å². The van der Waals surface area contributed by atoms with Crippen molar-refractivity contribution < 1.29 is 4.79 Å². The van der Waals surface area contributed by atoms with Crippen LogP contribution in [0.5, 0.6) is 0 Å². The van der Waals surface area contributed by atoms with Crippen LogP contribution in [0, 0.1) is 0 Å². The van der Waals surface area contributed by atoms with Gasteiger partial charge in [0.15, 0.2) is 0 Å². The highest BCUT2D eigenvalue weighted by molar-refractivity contribution is 7.09. The molecule has 0 saturated carbocycles. The molecule has 0 fully saturated rings. The van der Waals surface area contributed by atoms with Crippen molar-refractivity contribution in [2.45, 2.75) is 13.0 Å². The molecule has 0 bridgehead atoms. The molecule has 2 aromatic heterocycles. The number of rotatable bonds is 6. The molecule has 0 spiro atoms. The van der Waals surface area contributed by atoms with Crippen molar-refractivity contribution in [2.24, 2.45) is 0 Å². The van der Waals surface area contributed by atoms with Gasteiger partial charge in [-0.2, -0.15) is 0 Å². The Balaban J connectivity index is 1.31. The van der Waals surface area contributed by atoms with Gasteiger partial charge in [-0.05, 0) is 40.3 Å². The summed E-state index contributed by atoms with van der Waals surface area (Å²) < 4.78 is 1.56. The molecule has 0 aliphatic carbocycles. The molecule has 0 atom stereocenters. The zero-order valence-corrected chi connectivity index (χ0v) is 16.2. The Hall–Kier alpha value is -3.10. The third kappa shape index (κ3) is 4.41. The van der Waals surface area contributed by atoms with Gasteiger partial charge in [-0.1, -0.05) is 35.9 Å². The fourth-order valence-electron chi connectivity index (χ4n) is 2.61. The topological polar surface area (TPSA) is 85.6 Å². The van der Waals surface area contributed by atoms with Crippen molar-refractivity contribution in [2.75, 3.05) is 0 Å². The van der Waals surface area contributed by atoms with E-state index in [2.05, 4.69) is 25.8 Å². The molecule has 2 aromatic carbocycles. The van der Waals surface area contributed by atoms with Crippen molar-refractivity contribution in [3.63, 3.8) is 0 Å². The number of carbonyl (C=O) groups is 1. The van der Waals surface area contributed by atoms with E-state index in [0.29, 0.717) is 18.0 Å². The van der Waals surface area contributed by atoms with E-state index in [1.165, 1.54) is 17.7 Å². The van der Waals surface area contributed by atoms with Gasteiger partial charge in [0.25, 0.3) is 0 Å². The maximum Gasteiger partial charge on any atom is 0.224 e. The minimum absolute atomic E-state index is 0.0570. The van der Waals surface area contributed by atoms with Crippen LogP contribution >= 0.6 is 22.9 Å². The lowest BCUT2D eigenvalue weighted by atomic mass is 10.1. The first-order chi connectivity index (χ1) is 13.7. The quantitative estimate of drug-likeness (QED) is 0.527. The fourth-order valence-corrected chi connectivity index (χ4v) is 3.48. The smallest absolute Gasteiger partial charge is 0.224 e. The number of aromatic nitrogens is 5. The van der Waals surface area contributed by atoms with Gasteiger partial charge in [-0.15, -0.1) is 16.4 Å². The molecule has 0 saturated heterocycles. The summed E-state index contributed by atoms with van der Waals surface area (Å²) in [6.45, 7) is 0.403. The Labute approximate surface area is 170 Å².